The highest BCUT2D eigenvalue weighted by Gasteiger charge is 2.28. The number of pyridine rings is 1. The molecule has 2 heterocycles. The zero-order chi connectivity index (χ0) is 21.1. The van der Waals surface area contributed by atoms with Crippen LogP contribution < -0.4 is 11.1 Å². The van der Waals surface area contributed by atoms with Crippen LogP contribution in [0.25, 0.3) is 11.1 Å². The molecule has 0 spiro atoms. The van der Waals surface area contributed by atoms with Crippen LogP contribution in [0.4, 0.5) is 5.82 Å². The van der Waals surface area contributed by atoms with Crippen LogP contribution in [0.5, 0.6) is 0 Å². The van der Waals surface area contributed by atoms with Gasteiger partial charge in [-0.05, 0) is 51.7 Å². The van der Waals surface area contributed by atoms with Gasteiger partial charge in [-0.1, -0.05) is 42.5 Å². The lowest BCUT2D eigenvalue weighted by atomic mass is 10.0. The fourth-order valence-corrected chi connectivity index (χ4v) is 3.91. The van der Waals surface area contributed by atoms with Gasteiger partial charge in [-0.15, -0.1) is 0 Å². The van der Waals surface area contributed by atoms with E-state index in [1.165, 1.54) is 0 Å². The van der Waals surface area contributed by atoms with Gasteiger partial charge in [0.05, 0.1) is 5.56 Å². The van der Waals surface area contributed by atoms with E-state index in [9.17, 15) is 9.59 Å². The molecular weight excluding hydrogens is 444 g/mol. The van der Waals surface area contributed by atoms with Gasteiger partial charge >= 0.3 is 0 Å². The lowest BCUT2D eigenvalue weighted by Crippen LogP contribution is -2.38. The van der Waals surface area contributed by atoms with Crippen LogP contribution in [0.2, 0.25) is 0 Å². The van der Waals surface area contributed by atoms with Gasteiger partial charge in [-0.2, -0.15) is 0 Å². The highest BCUT2D eigenvalue weighted by Crippen LogP contribution is 2.21. The Bertz CT molecular complexity index is 1070. The predicted octanol–water partition coefficient (Wildman–Crippen LogP) is 3.74. The maximum Gasteiger partial charge on any atom is 0.255 e. The van der Waals surface area contributed by atoms with Gasteiger partial charge < -0.3 is 16.0 Å². The number of hydrogen-bond donors (Lipinski definition) is 2. The Morgan fingerprint density at radius 1 is 1.07 bits per heavy atom. The first-order valence-corrected chi connectivity index (χ1v) is 10.5. The summed E-state index contributed by atoms with van der Waals surface area (Å²) in [6.45, 7) is 1.06. The van der Waals surface area contributed by atoms with Gasteiger partial charge in [0.15, 0.2) is 0 Å². The molecule has 0 aliphatic carbocycles. The van der Waals surface area contributed by atoms with Gasteiger partial charge in [-0.3, -0.25) is 9.59 Å². The second kappa shape index (κ2) is 8.67. The molecule has 152 valence electrons. The van der Waals surface area contributed by atoms with Crippen LogP contribution in [0.15, 0.2) is 71.3 Å². The van der Waals surface area contributed by atoms with Crippen molar-refractivity contribution in [3.63, 3.8) is 0 Å². The number of nitrogen functional groups attached to an aromatic ring is 1. The van der Waals surface area contributed by atoms with Crippen LogP contribution in [0, 0.1) is 0 Å². The molecular formula is C23H21BrN4O2. The number of rotatable bonds is 4. The van der Waals surface area contributed by atoms with E-state index in [0.717, 1.165) is 11.1 Å². The molecule has 0 saturated carbocycles. The minimum atomic E-state index is -0.284. The summed E-state index contributed by atoms with van der Waals surface area (Å²) >= 11 is 3.30. The summed E-state index contributed by atoms with van der Waals surface area (Å²) in [6, 6.07) is 19.2. The Balaban J connectivity index is 1.38. The summed E-state index contributed by atoms with van der Waals surface area (Å²) in [5.74, 6) is -0.136. The van der Waals surface area contributed by atoms with Gasteiger partial charge in [0.25, 0.3) is 11.8 Å². The first kappa shape index (κ1) is 20.1. The van der Waals surface area contributed by atoms with E-state index in [1.54, 1.807) is 17.2 Å². The van der Waals surface area contributed by atoms with Crippen molar-refractivity contribution in [2.24, 2.45) is 0 Å². The predicted molar refractivity (Wildman–Crippen MR) is 120 cm³/mol. The highest BCUT2D eigenvalue weighted by molar-refractivity contribution is 9.10. The maximum atomic E-state index is 12.9. The van der Waals surface area contributed by atoms with Crippen LogP contribution in [-0.2, 0) is 0 Å². The average molecular weight is 465 g/mol. The number of likely N-dealkylation sites (tertiary alicyclic amines) is 1. The number of benzene rings is 2. The number of nitrogens with one attached hydrogen (secondary N) is 1. The number of carbonyl (C=O) groups excluding carboxylic acids is 2. The Hall–Kier alpha value is -3.19. The van der Waals surface area contributed by atoms with Crippen LogP contribution >= 0.6 is 15.9 Å². The summed E-state index contributed by atoms with van der Waals surface area (Å²) in [4.78, 5) is 31.2. The first-order valence-electron chi connectivity index (χ1n) is 9.68. The zero-order valence-electron chi connectivity index (χ0n) is 16.2. The quantitative estimate of drug-likeness (QED) is 0.615. The van der Waals surface area contributed by atoms with E-state index in [-0.39, 0.29) is 23.7 Å². The van der Waals surface area contributed by atoms with Gasteiger partial charge in [-0.25, -0.2) is 4.98 Å². The fraction of sp³-hybridized carbons (Fsp3) is 0.174. The average Bonchev–Trinajstić information content (AvgIpc) is 3.24. The van der Waals surface area contributed by atoms with E-state index < -0.39 is 0 Å². The van der Waals surface area contributed by atoms with Crippen molar-refractivity contribution in [2.75, 3.05) is 18.8 Å². The lowest BCUT2D eigenvalue weighted by Gasteiger charge is -2.18. The monoisotopic (exact) mass is 464 g/mol. The molecule has 1 atom stereocenters. The molecule has 1 fully saturated rings. The molecule has 3 aromatic rings. The number of hydrogen-bond acceptors (Lipinski definition) is 4. The molecule has 1 aliphatic rings. The number of carbonyl (C=O) groups is 2. The van der Waals surface area contributed by atoms with Crippen LogP contribution in [-0.4, -0.2) is 40.8 Å². The van der Waals surface area contributed by atoms with Crippen molar-refractivity contribution in [3.8, 4) is 11.1 Å². The molecule has 2 aromatic carbocycles. The standard InChI is InChI=1S/C23H21BrN4O2/c24-18-12-20(21(25)26-13-18)22(29)27-19-10-11-28(14-19)23(30)17-8-6-16(7-9-17)15-4-2-1-3-5-15/h1-9,12-13,19H,10-11,14H2,(H2,25,26)(H,27,29)/t19-/m1/s1. The number of aromatic nitrogens is 1. The lowest BCUT2D eigenvalue weighted by molar-refractivity contribution is 0.0783. The largest absolute Gasteiger partial charge is 0.383 e. The second-order valence-corrected chi connectivity index (χ2v) is 8.16. The van der Waals surface area contributed by atoms with Crippen molar-refractivity contribution in [1.82, 2.24) is 15.2 Å². The second-order valence-electron chi connectivity index (χ2n) is 7.24. The minimum Gasteiger partial charge on any atom is -0.383 e. The minimum absolute atomic E-state index is 0.0324. The third kappa shape index (κ3) is 4.36. The molecule has 7 heteroatoms. The SMILES string of the molecule is Nc1ncc(Br)cc1C(=O)N[C@@H]1CCN(C(=O)c2ccc(-c3ccccc3)cc2)C1. The number of amides is 2. The van der Waals surface area contributed by atoms with Gasteiger partial charge in [0.1, 0.15) is 5.82 Å². The van der Waals surface area contributed by atoms with Crippen LogP contribution in [0.1, 0.15) is 27.1 Å². The molecule has 0 radical (unpaired) electrons. The van der Waals surface area contributed by atoms with E-state index in [4.69, 9.17) is 5.73 Å². The highest BCUT2D eigenvalue weighted by atomic mass is 79.9. The first-order chi connectivity index (χ1) is 14.5. The van der Waals surface area contributed by atoms with Crippen molar-refractivity contribution in [3.05, 3.63) is 82.5 Å². The summed E-state index contributed by atoms with van der Waals surface area (Å²) < 4.78 is 0.684. The Morgan fingerprint density at radius 2 is 1.77 bits per heavy atom. The molecule has 2 amide bonds. The molecule has 0 unspecified atom stereocenters. The third-order valence-electron chi connectivity index (χ3n) is 5.18. The van der Waals surface area contributed by atoms with Gasteiger partial charge in [0, 0.05) is 35.4 Å². The Kier molecular flexibility index (Phi) is 5.81. The summed E-state index contributed by atoms with van der Waals surface area (Å²) in [6.07, 6.45) is 2.24. The molecule has 3 N–H and O–H groups in total. The number of halogens is 1. The number of nitrogens with two attached hydrogens (primary N) is 1. The van der Waals surface area contributed by atoms with E-state index in [1.807, 2.05) is 54.6 Å². The van der Waals surface area contributed by atoms with Crippen molar-refractivity contribution in [1.29, 1.82) is 0 Å². The Morgan fingerprint density at radius 3 is 2.50 bits per heavy atom. The number of nitrogens with zero attached hydrogens (tertiary/aromatic N) is 2. The van der Waals surface area contributed by atoms with E-state index in [2.05, 4.69) is 26.2 Å². The fourth-order valence-electron chi connectivity index (χ4n) is 3.58. The molecule has 30 heavy (non-hydrogen) atoms. The molecule has 1 aromatic heterocycles. The summed E-state index contributed by atoms with van der Waals surface area (Å²) in [5, 5.41) is 2.96. The molecule has 0 bridgehead atoms. The smallest absolute Gasteiger partial charge is 0.255 e. The van der Waals surface area contributed by atoms with Crippen LogP contribution in [0.3, 0.4) is 0 Å². The molecule has 1 saturated heterocycles. The van der Waals surface area contributed by atoms with Gasteiger partial charge in [0.2, 0.25) is 0 Å². The topological polar surface area (TPSA) is 88.3 Å². The molecule has 6 nitrogen and oxygen atoms in total. The molecule has 4 rings (SSSR count). The van der Waals surface area contributed by atoms with E-state index >= 15 is 0 Å². The zero-order valence-corrected chi connectivity index (χ0v) is 17.8. The normalized spacial score (nSPS) is 15.8. The Labute approximate surface area is 183 Å². The molecule has 1 aliphatic heterocycles. The number of anilines is 1. The maximum absolute atomic E-state index is 12.9. The van der Waals surface area contributed by atoms with Crippen molar-refractivity contribution in [2.45, 2.75) is 12.5 Å². The van der Waals surface area contributed by atoms with Crippen molar-refractivity contribution >= 4 is 33.6 Å². The summed E-state index contributed by atoms with van der Waals surface area (Å²) in [5.41, 5.74) is 8.96. The van der Waals surface area contributed by atoms with Crippen molar-refractivity contribution < 1.29 is 9.59 Å². The summed E-state index contributed by atoms with van der Waals surface area (Å²) in [7, 11) is 0. The van der Waals surface area contributed by atoms with E-state index in [0.29, 0.717) is 35.1 Å². The third-order valence-corrected chi connectivity index (χ3v) is 5.61.